The summed E-state index contributed by atoms with van der Waals surface area (Å²) in [7, 11) is 0. The van der Waals surface area contributed by atoms with E-state index in [1.165, 1.54) is 0 Å². The van der Waals surface area contributed by atoms with E-state index in [0.29, 0.717) is 23.9 Å². The molecule has 4 heteroatoms. The molecule has 1 aromatic rings. The van der Waals surface area contributed by atoms with Gasteiger partial charge in [0.1, 0.15) is 0 Å². The van der Waals surface area contributed by atoms with Gasteiger partial charge in [-0.25, -0.2) is 0 Å². The Morgan fingerprint density at radius 2 is 2.00 bits per heavy atom. The van der Waals surface area contributed by atoms with Crippen LogP contribution in [-0.4, -0.2) is 18.3 Å². The predicted octanol–water partition coefficient (Wildman–Crippen LogP) is 4.04. The number of benzene rings is 1. The molecule has 0 spiro atoms. The van der Waals surface area contributed by atoms with E-state index in [1.807, 2.05) is 18.2 Å². The summed E-state index contributed by atoms with van der Waals surface area (Å²) in [5.74, 6) is 0.670. The normalized spacial score (nSPS) is 11.4. The number of hydrogen-bond acceptors (Lipinski definition) is 1. The van der Waals surface area contributed by atoms with E-state index >= 15 is 0 Å². The Morgan fingerprint density at radius 3 is 2.63 bits per heavy atom. The van der Waals surface area contributed by atoms with Crippen molar-refractivity contribution in [3.05, 3.63) is 34.9 Å². The fourth-order valence-electron chi connectivity index (χ4n) is 1.85. The van der Waals surface area contributed by atoms with E-state index in [4.69, 9.17) is 23.2 Å². The third-order valence-corrected chi connectivity index (χ3v) is 3.70. The first-order valence-electron chi connectivity index (χ1n) is 6.51. The van der Waals surface area contributed by atoms with Crippen LogP contribution in [0.1, 0.15) is 32.3 Å². The number of carbonyl (C=O) groups excluding carboxylic acids is 1. The summed E-state index contributed by atoms with van der Waals surface area (Å²) < 4.78 is 0. The number of amides is 1. The second-order valence-electron chi connectivity index (χ2n) is 5.50. The molecule has 1 amide bonds. The molecule has 106 valence electrons. The number of hydrogen-bond donors (Lipinski definition) is 1. The third kappa shape index (κ3) is 6.31. The summed E-state index contributed by atoms with van der Waals surface area (Å²) >= 11 is 11.7. The minimum atomic E-state index is 0.00653. The van der Waals surface area contributed by atoms with Gasteiger partial charge in [0.2, 0.25) is 5.91 Å². The molecular formula is C15H21Cl2NO. The van der Waals surface area contributed by atoms with Crippen LogP contribution in [0.5, 0.6) is 0 Å². The first-order chi connectivity index (χ1) is 8.94. The van der Waals surface area contributed by atoms with Gasteiger partial charge in [-0.2, -0.15) is 0 Å². The van der Waals surface area contributed by atoms with Gasteiger partial charge in [-0.3, -0.25) is 4.79 Å². The fourth-order valence-corrected chi connectivity index (χ4v) is 2.19. The summed E-state index contributed by atoms with van der Waals surface area (Å²) in [6.07, 6.45) is 2.29. The second kappa shape index (κ2) is 7.76. The van der Waals surface area contributed by atoms with Crippen molar-refractivity contribution in [1.29, 1.82) is 0 Å². The van der Waals surface area contributed by atoms with E-state index in [1.54, 1.807) is 6.07 Å². The summed E-state index contributed by atoms with van der Waals surface area (Å²) in [6.45, 7) is 4.93. The molecule has 19 heavy (non-hydrogen) atoms. The molecule has 0 radical (unpaired) electrons. The zero-order valence-electron chi connectivity index (χ0n) is 11.5. The van der Waals surface area contributed by atoms with Crippen molar-refractivity contribution < 1.29 is 4.79 Å². The number of rotatable bonds is 7. The Kier molecular flexibility index (Phi) is 6.67. The molecule has 1 rings (SSSR count). The molecule has 1 N–H and O–H groups in total. The topological polar surface area (TPSA) is 29.1 Å². The van der Waals surface area contributed by atoms with Gasteiger partial charge in [0, 0.05) is 17.4 Å². The zero-order valence-corrected chi connectivity index (χ0v) is 13.0. The number of alkyl halides is 1. The van der Waals surface area contributed by atoms with Gasteiger partial charge < -0.3 is 5.32 Å². The van der Waals surface area contributed by atoms with Gasteiger partial charge in [0.15, 0.2) is 0 Å². The largest absolute Gasteiger partial charge is 0.355 e. The van der Waals surface area contributed by atoms with E-state index in [2.05, 4.69) is 19.2 Å². The van der Waals surface area contributed by atoms with Crippen LogP contribution in [0.4, 0.5) is 0 Å². The van der Waals surface area contributed by atoms with Crippen LogP contribution in [-0.2, 0) is 11.2 Å². The van der Waals surface area contributed by atoms with Crippen molar-refractivity contribution >= 4 is 29.1 Å². The lowest BCUT2D eigenvalue weighted by Crippen LogP contribution is -2.35. The van der Waals surface area contributed by atoms with E-state index in [0.717, 1.165) is 18.4 Å². The van der Waals surface area contributed by atoms with E-state index < -0.39 is 0 Å². The molecule has 0 fully saturated rings. The van der Waals surface area contributed by atoms with Crippen molar-refractivity contribution in [2.75, 3.05) is 12.4 Å². The Bertz CT molecular complexity index is 418. The highest BCUT2D eigenvalue weighted by Gasteiger charge is 2.18. The van der Waals surface area contributed by atoms with Gasteiger partial charge in [-0.15, -0.1) is 11.6 Å². The second-order valence-corrected chi connectivity index (χ2v) is 6.29. The first kappa shape index (κ1) is 16.3. The summed E-state index contributed by atoms with van der Waals surface area (Å²) in [4.78, 5) is 11.9. The van der Waals surface area contributed by atoms with Gasteiger partial charge in [0.25, 0.3) is 0 Å². The monoisotopic (exact) mass is 301 g/mol. The number of nitrogens with one attached hydrogen (secondary N) is 1. The Hall–Kier alpha value is -0.730. The molecule has 0 saturated carbocycles. The highest BCUT2D eigenvalue weighted by molar-refractivity contribution is 6.31. The lowest BCUT2D eigenvalue weighted by atomic mass is 9.88. The number of halogens is 2. The van der Waals surface area contributed by atoms with Crippen LogP contribution in [0, 0.1) is 5.41 Å². The molecule has 0 atom stereocenters. The summed E-state index contributed by atoms with van der Waals surface area (Å²) in [5.41, 5.74) is 0.936. The molecule has 0 heterocycles. The smallest absolute Gasteiger partial charge is 0.224 e. The standard InChI is InChI=1S/C15H21Cl2NO/c1-15(2,8-5-9-16)11-18-14(19)10-12-6-3-4-7-13(12)17/h3-4,6-7H,5,8-11H2,1-2H3,(H,18,19). The third-order valence-electron chi connectivity index (χ3n) is 3.06. The molecule has 0 saturated heterocycles. The lowest BCUT2D eigenvalue weighted by molar-refractivity contribution is -0.120. The molecule has 1 aromatic carbocycles. The van der Waals surface area contributed by atoms with Gasteiger partial charge in [-0.1, -0.05) is 43.6 Å². The average Bonchev–Trinajstić information content (AvgIpc) is 2.37. The van der Waals surface area contributed by atoms with Crippen LogP contribution < -0.4 is 5.32 Å². The minimum Gasteiger partial charge on any atom is -0.355 e. The van der Waals surface area contributed by atoms with Crippen molar-refractivity contribution in [3.63, 3.8) is 0 Å². The predicted molar refractivity (Wildman–Crippen MR) is 81.9 cm³/mol. The van der Waals surface area contributed by atoms with Crippen molar-refractivity contribution in [1.82, 2.24) is 5.32 Å². The van der Waals surface area contributed by atoms with E-state index in [-0.39, 0.29) is 11.3 Å². The molecule has 0 aliphatic rings. The van der Waals surface area contributed by atoms with E-state index in [9.17, 15) is 4.79 Å². The van der Waals surface area contributed by atoms with Crippen LogP contribution in [0.15, 0.2) is 24.3 Å². The number of carbonyl (C=O) groups is 1. The van der Waals surface area contributed by atoms with Gasteiger partial charge in [-0.05, 0) is 29.9 Å². The van der Waals surface area contributed by atoms with Gasteiger partial charge >= 0.3 is 0 Å². The minimum absolute atomic E-state index is 0.00653. The molecular weight excluding hydrogens is 281 g/mol. The molecule has 0 aliphatic heterocycles. The van der Waals surface area contributed by atoms with Crippen LogP contribution >= 0.6 is 23.2 Å². The van der Waals surface area contributed by atoms with Gasteiger partial charge in [0.05, 0.1) is 6.42 Å². The zero-order chi connectivity index (χ0) is 14.3. The molecule has 0 unspecified atom stereocenters. The summed E-state index contributed by atoms with van der Waals surface area (Å²) in [5, 5.41) is 3.60. The fraction of sp³-hybridized carbons (Fsp3) is 0.533. The Balaban J connectivity index is 2.42. The molecule has 2 nitrogen and oxygen atoms in total. The van der Waals surface area contributed by atoms with Crippen molar-refractivity contribution in [3.8, 4) is 0 Å². The lowest BCUT2D eigenvalue weighted by Gasteiger charge is -2.24. The maximum atomic E-state index is 11.9. The van der Waals surface area contributed by atoms with Crippen LogP contribution in [0.2, 0.25) is 5.02 Å². The molecule has 0 aliphatic carbocycles. The van der Waals surface area contributed by atoms with Crippen molar-refractivity contribution in [2.24, 2.45) is 5.41 Å². The Morgan fingerprint density at radius 1 is 1.32 bits per heavy atom. The maximum absolute atomic E-state index is 11.9. The quantitative estimate of drug-likeness (QED) is 0.757. The van der Waals surface area contributed by atoms with Crippen LogP contribution in [0.3, 0.4) is 0 Å². The Labute approximate surface area is 125 Å². The summed E-state index contributed by atoms with van der Waals surface area (Å²) in [6, 6.07) is 7.42. The van der Waals surface area contributed by atoms with Crippen molar-refractivity contribution in [2.45, 2.75) is 33.1 Å². The maximum Gasteiger partial charge on any atom is 0.224 e. The first-order valence-corrected chi connectivity index (χ1v) is 7.42. The average molecular weight is 302 g/mol. The van der Waals surface area contributed by atoms with Crippen LogP contribution in [0.25, 0.3) is 0 Å². The SMILES string of the molecule is CC(C)(CCCCl)CNC(=O)Cc1ccccc1Cl. The molecule has 0 aromatic heterocycles. The highest BCUT2D eigenvalue weighted by atomic mass is 35.5. The molecule has 0 bridgehead atoms. The highest BCUT2D eigenvalue weighted by Crippen LogP contribution is 2.21.